The molecule has 3 nitrogen and oxygen atoms in total. The van der Waals surface area contributed by atoms with Gasteiger partial charge in [0.1, 0.15) is 0 Å². The zero-order valence-corrected chi connectivity index (χ0v) is 11.9. The fourth-order valence-electron chi connectivity index (χ4n) is 2.56. The van der Waals surface area contributed by atoms with Crippen molar-refractivity contribution in [3.63, 3.8) is 0 Å². The molecule has 0 aromatic heterocycles. The fourth-order valence-corrected chi connectivity index (χ4v) is 2.78. The monoisotopic (exact) mass is 256 g/mol. The molecule has 0 aromatic carbocycles. The van der Waals surface area contributed by atoms with Crippen molar-refractivity contribution >= 4 is 23.1 Å². The highest BCUT2D eigenvalue weighted by atomic mass is 32.1. The normalized spacial score (nSPS) is 24.3. The maximum absolute atomic E-state index is 12.1. The molecule has 0 aliphatic heterocycles. The number of hydrogen-bond acceptors (Lipinski definition) is 2. The van der Waals surface area contributed by atoms with Crippen molar-refractivity contribution in [2.24, 2.45) is 17.1 Å². The van der Waals surface area contributed by atoms with Crippen molar-refractivity contribution in [1.29, 1.82) is 0 Å². The van der Waals surface area contributed by atoms with E-state index in [2.05, 4.69) is 19.2 Å². The van der Waals surface area contributed by atoms with Gasteiger partial charge in [0.25, 0.3) is 0 Å². The minimum Gasteiger partial charge on any atom is -0.393 e. The second kappa shape index (κ2) is 5.80. The van der Waals surface area contributed by atoms with Crippen LogP contribution in [-0.4, -0.2) is 16.9 Å². The van der Waals surface area contributed by atoms with Crippen LogP contribution in [0.2, 0.25) is 0 Å². The summed E-state index contributed by atoms with van der Waals surface area (Å²) in [7, 11) is 0. The highest BCUT2D eigenvalue weighted by Gasteiger charge is 2.36. The van der Waals surface area contributed by atoms with Crippen LogP contribution in [0.3, 0.4) is 0 Å². The largest absolute Gasteiger partial charge is 0.393 e. The van der Waals surface area contributed by atoms with Crippen LogP contribution in [0.5, 0.6) is 0 Å². The first-order valence-electron chi connectivity index (χ1n) is 6.48. The first-order valence-corrected chi connectivity index (χ1v) is 6.89. The fraction of sp³-hybridized carbons (Fsp3) is 0.846. The molecular weight excluding hydrogens is 232 g/mol. The second-order valence-electron chi connectivity index (χ2n) is 5.69. The lowest BCUT2D eigenvalue weighted by atomic mass is 9.87. The number of carbonyl (C=O) groups is 1. The van der Waals surface area contributed by atoms with Crippen molar-refractivity contribution in [2.45, 2.75) is 58.9 Å². The third-order valence-electron chi connectivity index (χ3n) is 3.81. The van der Waals surface area contributed by atoms with Crippen molar-refractivity contribution in [3.05, 3.63) is 0 Å². The molecule has 2 unspecified atom stereocenters. The van der Waals surface area contributed by atoms with Gasteiger partial charge < -0.3 is 11.1 Å². The maximum atomic E-state index is 12.1. The van der Waals surface area contributed by atoms with Gasteiger partial charge in [-0.25, -0.2) is 0 Å². The van der Waals surface area contributed by atoms with Crippen molar-refractivity contribution in [3.8, 4) is 0 Å². The van der Waals surface area contributed by atoms with Gasteiger partial charge >= 0.3 is 0 Å². The average molecular weight is 256 g/mol. The van der Waals surface area contributed by atoms with E-state index >= 15 is 0 Å². The van der Waals surface area contributed by atoms with Gasteiger partial charge in [0.15, 0.2) is 0 Å². The lowest BCUT2D eigenvalue weighted by Gasteiger charge is -2.29. The van der Waals surface area contributed by atoms with Gasteiger partial charge in [-0.1, -0.05) is 45.8 Å². The smallest absolute Gasteiger partial charge is 0.230 e. The Morgan fingerprint density at radius 1 is 1.59 bits per heavy atom. The zero-order valence-electron chi connectivity index (χ0n) is 11.1. The van der Waals surface area contributed by atoms with Gasteiger partial charge in [0.05, 0.1) is 10.9 Å². The van der Waals surface area contributed by atoms with E-state index in [-0.39, 0.29) is 23.3 Å². The molecular formula is C13H24N2OS. The van der Waals surface area contributed by atoms with E-state index < -0.39 is 0 Å². The zero-order chi connectivity index (χ0) is 13.1. The molecule has 0 spiro atoms. The lowest BCUT2D eigenvalue weighted by molar-refractivity contribution is -0.124. The van der Waals surface area contributed by atoms with Crippen molar-refractivity contribution < 1.29 is 4.79 Å². The van der Waals surface area contributed by atoms with Gasteiger partial charge in [-0.3, -0.25) is 4.79 Å². The molecule has 1 amide bonds. The molecule has 3 N–H and O–H groups in total. The van der Waals surface area contributed by atoms with Crippen LogP contribution in [0.1, 0.15) is 52.9 Å². The molecule has 1 rings (SSSR count). The summed E-state index contributed by atoms with van der Waals surface area (Å²) in [6.07, 6.45) is 5.08. The third-order valence-corrected chi connectivity index (χ3v) is 4.10. The predicted molar refractivity (Wildman–Crippen MR) is 74.7 cm³/mol. The number of hydrogen-bond donors (Lipinski definition) is 2. The van der Waals surface area contributed by atoms with Crippen LogP contribution in [0.4, 0.5) is 0 Å². The molecule has 4 heteroatoms. The van der Waals surface area contributed by atoms with Crippen LogP contribution in [0.15, 0.2) is 0 Å². The Hall–Kier alpha value is -0.640. The first-order chi connectivity index (χ1) is 7.88. The van der Waals surface area contributed by atoms with Gasteiger partial charge in [0, 0.05) is 6.04 Å². The Kier molecular flexibility index (Phi) is 4.92. The summed E-state index contributed by atoms with van der Waals surface area (Å²) in [4.78, 5) is 12.5. The molecule has 98 valence electrons. The number of thiocarbonyl (C=S) groups is 1. The second-order valence-corrected chi connectivity index (χ2v) is 6.16. The Morgan fingerprint density at radius 3 is 2.65 bits per heavy atom. The van der Waals surface area contributed by atoms with Crippen LogP contribution in [0.25, 0.3) is 0 Å². The summed E-state index contributed by atoms with van der Waals surface area (Å²) in [6, 6.07) is 0.267. The average Bonchev–Trinajstić information content (AvgIpc) is 2.54. The molecule has 0 bridgehead atoms. The van der Waals surface area contributed by atoms with Gasteiger partial charge in [-0.2, -0.15) is 0 Å². The molecule has 0 aromatic rings. The first kappa shape index (κ1) is 14.4. The van der Waals surface area contributed by atoms with Crippen LogP contribution >= 0.6 is 12.2 Å². The van der Waals surface area contributed by atoms with Gasteiger partial charge in [-0.15, -0.1) is 0 Å². The van der Waals surface area contributed by atoms with E-state index in [9.17, 15) is 4.79 Å². The molecule has 1 aliphatic carbocycles. The Bertz CT molecular complexity index is 302. The SMILES string of the molecule is CCCC(C(=O)NC1CCCC1(C)C)C(N)=S. The minimum absolute atomic E-state index is 0.0133. The molecule has 1 saturated carbocycles. The molecule has 17 heavy (non-hydrogen) atoms. The summed E-state index contributed by atoms with van der Waals surface area (Å²) >= 11 is 4.97. The number of carbonyl (C=O) groups excluding carboxylic acids is 1. The highest BCUT2D eigenvalue weighted by molar-refractivity contribution is 7.80. The summed E-state index contributed by atoms with van der Waals surface area (Å²) in [6.45, 7) is 6.46. The Labute approximate surface area is 110 Å². The summed E-state index contributed by atoms with van der Waals surface area (Å²) in [5.74, 6) is -0.286. The molecule has 0 radical (unpaired) electrons. The van der Waals surface area contributed by atoms with Crippen LogP contribution < -0.4 is 11.1 Å². The van der Waals surface area contributed by atoms with Crippen molar-refractivity contribution in [1.82, 2.24) is 5.32 Å². The molecule has 2 atom stereocenters. The topological polar surface area (TPSA) is 55.1 Å². The number of rotatable bonds is 5. The third kappa shape index (κ3) is 3.66. The van der Waals surface area contributed by atoms with E-state index in [0.717, 1.165) is 19.3 Å². The molecule has 0 heterocycles. The Balaban J connectivity index is 2.61. The summed E-state index contributed by atoms with van der Waals surface area (Å²) < 4.78 is 0. The predicted octanol–water partition coefficient (Wildman–Crippen LogP) is 2.38. The van der Waals surface area contributed by atoms with Crippen molar-refractivity contribution in [2.75, 3.05) is 0 Å². The molecule has 1 fully saturated rings. The lowest BCUT2D eigenvalue weighted by Crippen LogP contribution is -2.46. The van der Waals surface area contributed by atoms with E-state index in [1.807, 2.05) is 6.92 Å². The standard InChI is InChI=1S/C13H24N2OS/c1-4-6-9(11(14)17)12(16)15-10-7-5-8-13(10,2)3/h9-10H,4-8H2,1-3H3,(H2,14,17)(H,15,16). The number of nitrogens with one attached hydrogen (secondary N) is 1. The minimum atomic E-state index is -0.300. The van der Waals surface area contributed by atoms with E-state index in [0.29, 0.717) is 4.99 Å². The van der Waals surface area contributed by atoms with Gasteiger partial charge in [-0.05, 0) is 24.7 Å². The maximum Gasteiger partial charge on any atom is 0.230 e. The van der Waals surface area contributed by atoms with Crippen LogP contribution in [-0.2, 0) is 4.79 Å². The molecule has 1 aliphatic rings. The summed E-state index contributed by atoms with van der Waals surface area (Å²) in [5.41, 5.74) is 5.83. The highest BCUT2D eigenvalue weighted by Crippen LogP contribution is 2.37. The quantitative estimate of drug-likeness (QED) is 0.743. The van der Waals surface area contributed by atoms with E-state index in [1.54, 1.807) is 0 Å². The van der Waals surface area contributed by atoms with Crippen LogP contribution in [0, 0.1) is 11.3 Å². The summed E-state index contributed by atoms with van der Waals surface area (Å²) in [5, 5.41) is 3.13. The van der Waals surface area contributed by atoms with Gasteiger partial charge in [0.2, 0.25) is 5.91 Å². The Morgan fingerprint density at radius 2 is 2.24 bits per heavy atom. The van der Waals surface area contributed by atoms with E-state index in [1.165, 1.54) is 12.8 Å². The van der Waals surface area contributed by atoms with E-state index in [4.69, 9.17) is 18.0 Å². The number of nitrogens with two attached hydrogens (primary N) is 1. The number of amides is 1. The molecule has 0 saturated heterocycles.